The van der Waals surface area contributed by atoms with Gasteiger partial charge in [-0.15, -0.1) is 6.42 Å². The third-order valence-corrected chi connectivity index (χ3v) is 2.43. The molecule has 1 N–H and O–H groups in total. The molecule has 0 aromatic heterocycles. The number of hydrogen-bond donors (Lipinski definition) is 1. The molecule has 0 amide bonds. The quantitative estimate of drug-likeness (QED) is 0.605. The lowest BCUT2D eigenvalue weighted by Gasteiger charge is -2.09. The number of terminal acetylenes is 1. The summed E-state index contributed by atoms with van der Waals surface area (Å²) in [5.41, 5.74) is 3.30. The van der Waals surface area contributed by atoms with E-state index in [1.807, 2.05) is 26.3 Å². The number of nitrogens with zero attached hydrogens (tertiary/aromatic N) is 1. The molecule has 0 aliphatic heterocycles. The average molecular weight is 214 g/mol. The van der Waals surface area contributed by atoms with Crippen LogP contribution >= 0.6 is 0 Å². The molecule has 2 nitrogen and oxygen atoms in total. The van der Waals surface area contributed by atoms with Gasteiger partial charge in [-0.2, -0.15) is 0 Å². The maximum atomic E-state index is 5.46. The van der Waals surface area contributed by atoms with Crippen LogP contribution in [0.4, 0.5) is 5.69 Å². The number of benzene rings is 1. The van der Waals surface area contributed by atoms with Gasteiger partial charge >= 0.3 is 0 Å². The highest BCUT2D eigenvalue weighted by Gasteiger charge is 2.07. The highest BCUT2D eigenvalue weighted by atomic mass is 14.8. The lowest BCUT2D eigenvalue weighted by Crippen LogP contribution is -2.08. The Kier molecular flexibility index (Phi) is 4.75. The van der Waals surface area contributed by atoms with E-state index in [2.05, 4.69) is 35.3 Å². The summed E-state index contributed by atoms with van der Waals surface area (Å²) in [7, 11) is 1.89. The van der Waals surface area contributed by atoms with Crippen LogP contribution in [0.15, 0.2) is 23.2 Å². The van der Waals surface area contributed by atoms with Crippen LogP contribution in [-0.4, -0.2) is 19.8 Å². The topological polar surface area (TPSA) is 24.4 Å². The molecule has 84 valence electrons. The Morgan fingerprint density at radius 3 is 2.94 bits per heavy atom. The highest BCUT2D eigenvalue weighted by Crippen LogP contribution is 2.27. The van der Waals surface area contributed by atoms with Crippen LogP contribution in [0.25, 0.3) is 0 Å². The van der Waals surface area contributed by atoms with Crippen LogP contribution < -0.4 is 5.32 Å². The van der Waals surface area contributed by atoms with Crippen LogP contribution in [0.1, 0.15) is 24.0 Å². The van der Waals surface area contributed by atoms with Gasteiger partial charge in [0.2, 0.25) is 0 Å². The predicted octanol–water partition coefficient (Wildman–Crippen LogP) is 2.65. The van der Waals surface area contributed by atoms with E-state index in [1.54, 1.807) is 0 Å². The van der Waals surface area contributed by atoms with Crippen molar-refractivity contribution in [3.8, 4) is 12.3 Å². The second-order valence-corrected chi connectivity index (χ2v) is 3.82. The summed E-state index contributed by atoms with van der Waals surface area (Å²) in [6.07, 6.45) is 7.32. The van der Waals surface area contributed by atoms with Gasteiger partial charge < -0.3 is 5.32 Å². The molecule has 0 spiro atoms. The zero-order chi connectivity index (χ0) is 12.0. The Labute approximate surface area is 97.8 Å². The number of rotatable bonds is 4. The Bertz CT molecular complexity index is 413. The van der Waals surface area contributed by atoms with Crippen molar-refractivity contribution in [2.24, 2.45) is 4.99 Å². The van der Waals surface area contributed by atoms with E-state index >= 15 is 0 Å². The van der Waals surface area contributed by atoms with Crippen LogP contribution in [0.5, 0.6) is 0 Å². The van der Waals surface area contributed by atoms with Crippen molar-refractivity contribution in [3.05, 3.63) is 29.3 Å². The van der Waals surface area contributed by atoms with Crippen LogP contribution in [0.2, 0.25) is 0 Å². The van der Waals surface area contributed by atoms with Crippen LogP contribution in [0.3, 0.4) is 0 Å². The fraction of sp³-hybridized carbons (Fsp3) is 0.357. The molecule has 0 bridgehead atoms. The molecule has 2 heteroatoms. The average Bonchev–Trinajstić information content (AvgIpc) is 2.30. The van der Waals surface area contributed by atoms with Gasteiger partial charge in [-0.3, -0.25) is 4.99 Å². The minimum absolute atomic E-state index is 0.0987. The first kappa shape index (κ1) is 12.5. The fourth-order valence-corrected chi connectivity index (χ4v) is 1.46. The molecule has 1 unspecified atom stereocenters. The minimum atomic E-state index is 0.0987. The third kappa shape index (κ3) is 3.22. The molecule has 0 saturated heterocycles. The van der Waals surface area contributed by atoms with Gasteiger partial charge in [-0.1, -0.05) is 23.6 Å². The highest BCUT2D eigenvalue weighted by molar-refractivity contribution is 5.67. The molecular formula is C14H18N2. The Morgan fingerprint density at radius 2 is 2.31 bits per heavy atom. The monoisotopic (exact) mass is 214 g/mol. The number of aryl methyl sites for hydroxylation is 1. The summed E-state index contributed by atoms with van der Waals surface area (Å²) in [4.78, 5) is 4.42. The molecule has 16 heavy (non-hydrogen) atoms. The molecule has 0 radical (unpaired) electrons. The predicted molar refractivity (Wildman–Crippen MR) is 70.5 cm³/mol. The second-order valence-electron chi connectivity index (χ2n) is 3.82. The maximum Gasteiger partial charge on any atom is 0.0670 e. The molecular weight excluding hydrogens is 196 g/mol. The molecule has 0 fully saturated rings. The normalized spacial score (nSPS) is 12.6. The van der Waals surface area contributed by atoms with E-state index in [4.69, 9.17) is 6.42 Å². The SMILES string of the molecule is C#CC(C)c1cc(C)ccc1N=CCNC. The minimum Gasteiger partial charge on any atom is -0.315 e. The molecule has 0 aliphatic carbocycles. The van der Waals surface area contributed by atoms with Crippen LogP contribution in [-0.2, 0) is 0 Å². The summed E-state index contributed by atoms with van der Waals surface area (Å²) in [5, 5.41) is 3.02. The third-order valence-electron chi connectivity index (χ3n) is 2.43. The van der Waals surface area contributed by atoms with Gasteiger partial charge in [0.1, 0.15) is 0 Å². The first-order valence-electron chi connectivity index (χ1n) is 5.43. The van der Waals surface area contributed by atoms with E-state index in [0.29, 0.717) is 0 Å². The zero-order valence-corrected chi connectivity index (χ0v) is 10.1. The fourth-order valence-electron chi connectivity index (χ4n) is 1.46. The molecule has 1 rings (SSSR count). The van der Waals surface area contributed by atoms with Crippen molar-refractivity contribution in [1.29, 1.82) is 0 Å². The molecule has 1 atom stereocenters. The smallest absolute Gasteiger partial charge is 0.0670 e. The van der Waals surface area contributed by atoms with Gasteiger partial charge in [0, 0.05) is 18.7 Å². The molecule has 0 saturated carbocycles. The van der Waals surface area contributed by atoms with Gasteiger partial charge in [-0.05, 0) is 32.5 Å². The van der Waals surface area contributed by atoms with E-state index in [-0.39, 0.29) is 5.92 Å². The molecule has 0 heterocycles. The largest absolute Gasteiger partial charge is 0.315 e. The Balaban J connectivity index is 3.04. The van der Waals surface area contributed by atoms with Crippen molar-refractivity contribution in [1.82, 2.24) is 5.32 Å². The lowest BCUT2D eigenvalue weighted by molar-refractivity contribution is 0.955. The van der Waals surface area contributed by atoms with Gasteiger partial charge in [-0.25, -0.2) is 0 Å². The van der Waals surface area contributed by atoms with Gasteiger partial charge in [0.05, 0.1) is 5.69 Å². The maximum absolute atomic E-state index is 5.46. The van der Waals surface area contributed by atoms with Crippen molar-refractivity contribution in [2.75, 3.05) is 13.6 Å². The molecule has 0 aliphatic rings. The summed E-state index contributed by atoms with van der Waals surface area (Å²) in [5.74, 6) is 2.85. The summed E-state index contributed by atoms with van der Waals surface area (Å²) >= 11 is 0. The van der Waals surface area contributed by atoms with Crippen LogP contribution in [0, 0.1) is 19.3 Å². The van der Waals surface area contributed by atoms with E-state index < -0.39 is 0 Å². The zero-order valence-electron chi connectivity index (χ0n) is 10.1. The number of nitrogens with one attached hydrogen (secondary N) is 1. The number of hydrogen-bond acceptors (Lipinski definition) is 2. The van der Waals surface area contributed by atoms with E-state index in [9.17, 15) is 0 Å². The van der Waals surface area contributed by atoms with Gasteiger partial charge in [0.15, 0.2) is 0 Å². The van der Waals surface area contributed by atoms with Crippen molar-refractivity contribution in [3.63, 3.8) is 0 Å². The lowest BCUT2D eigenvalue weighted by atomic mass is 9.98. The van der Waals surface area contributed by atoms with Crippen molar-refractivity contribution < 1.29 is 0 Å². The first-order valence-corrected chi connectivity index (χ1v) is 5.43. The summed E-state index contributed by atoms with van der Waals surface area (Å²) in [6.45, 7) is 4.84. The van der Waals surface area contributed by atoms with E-state index in [0.717, 1.165) is 17.8 Å². The molecule has 1 aromatic rings. The van der Waals surface area contributed by atoms with Crippen molar-refractivity contribution in [2.45, 2.75) is 19.8 Å². The number of aliphatic imine (C=N–C) groups is 1. The summed E-state index contributed by atoms with van der Waals surface area (Å²) in [6, 6.07) is 6.18. The Morgan fingerprint density at radius 1 is 1.56 bits per heavy atom. The molecule has 1 aromatic carbocycles. The van der Waals surface area contributed by atoms with E-state index in [1.165, 1.54) is 5.56 Å². The standard InChI is InChI=1S/C14H18N2/c1-5-12(3)13-10-11(2)6-7-14(13)16-9-8-15-4/h1,6-7,9-10,12,15H,8H2,2-4H3. The second kappa shape index (κ2) is 6.09. The summed E-state index contributed by atoms with van der Waals surface area (Å²) < 4.78 is 0. The van der Waals surface area contributed by atoms with Crippen molar-refractivity contribution >= 4 is 11.9 Å². The Hall–Kier alpha value is -1.59. The van der Waals surface area contributed by atoms with Gasteiger partial charge in [0.25, 0.3) is 0 Å². The first-order chi connectivity index (χ1) is 7.69.